The Bertz CT molecular complexity index is 1010. The molecule has 0 spiro atoms. The van der Waals surface area contributed by atoms with Gasteiger partial charge in [0.05, 0.1) is 30.1 Å². The second kappa shape index (κ2) is 10.9. The summed E-state index contributed by atoms with van der Waals surface area (Å²) < 4.78 is 10.6. The first-order valence-corrected chi connectivity index (χ1v) is 10.3. The van der Waals surface area contributed by atoms with Crippen LogP contribution in [-0.2, 0) is 15.3 Å². The van der Waals surface area contributed by atoms with Gasteiger partial charge in [-0.15, -0.1) is 11.8 Å². The molecular formula is C23H20N2O4S. The van der Waals surface area contributed by atoms with Crippen molar-refractivity contribution in [3.8, 4) is 6.07 Å². The van der Waals surface area contributed by atoms with Crippen molar-refractivity contribution >= 4 is 29.3 Å². The van der Waals surface area contributed by atoms with Crippen LogP contribution >= 0.6 is 11.8 Å². The smallest absolute Gasteiger partial charge is 0.339 e. The van der Waals surface area contributed by atoms with E-state index in [1.807, 2.05) is 36.4 Å². The molecule has 0 bridgehead atoms. The van der Waals surface area contributed by atoms with Crippen LogP contribution in [0.25, 0.3) is 0 Å². The van der Waals surface area contributed by atoms with Crippen LogP contribution in [0.4, 0.5) is 5.69 Å². The molecule has 0 saturated heterocycles. The number of esters is 1. The number of para-hydroxylation sites is 1. The summed E-state index contributed by atoms with van der Waals surface area (Å²) in [5.41, 5.74) is 1.05. The van der Waals surface area contributed by atoms with Gasteiger partial charge in [-0.05, 0) is 36.4 Å². The lowest BCUT2D eigenvalue weighted by Crippen LogP contribution is -2.35. The standard InChI is InChI=1S/C23H20N2O4S/c24-13-7-14-25(18-8-2-1-3-9-18)22(26)16-29-23(27)20-11-4-5-12-21(20)30-17-19-10-6-15-28-19/h1-6,8-12,15H,7,14,16-17H2. The lowest BCUT2D eigenvalue weighted by molar-refractivity contribution is -0.121. The van der Waals surface area contributed by atoms with Crippen LogP contribution in [0.2, 0.25) is 0 Å². The van der Waals surface area contributed by atoms with Gasteiger partial charge in [0, 0.05) is 17.1 Å². The normalized spacial score (nSPS) is 10.2. The van der Waals surface area contributed by atoms with E-state index in [-0.39, 0.29) is 18.9 Å². The molecule has 0 aliphatic carbocycles. The highest BCUT2D eigenvalue weighted by atomic mass is 32.2. The third kappa shape index (κ3) is 5.75. The molecule has 2 aromatic carbocycles. The Kier molecular flexibility index (Phi) is 7.70. The minimum absolute atomic E-state index is 0.181. The first-order valence-electron chi connectivity index (χ1n) is 9.32. The molecule has 30 heavy (non-hydrogen) atoms. The number of hydrogen-bond acceptors (Lipinski definition) is 6. The Morgan fingerprint density at radius 2 is 1.80 bits per heavy atom. The van der Waals surface area contributed by atoms with Crippen molar-refractivity contribution in [3.63, 3.8) is 0 Å². The lowest BCUT2D eigenvalue weighted by Gasteiger charge is -2.21. The van der Waals surface area contributed by atoms with Crippen LogP contribution in [-0.4, -0.2) is 25.0 Å². The fourth-order valence-electron chi connectivity index (χ4n) is 2.76. The SMILES string of the molecule is N#CCCN(C(=O)COC(=O)c1ccccc1SCc1ccco1)c1ccccc1. The van der Waals surface area contributed by atoms with Gasteiger partial charge in [-0.2, -0.15) is 5.26 Å². The summed E-state index contributed by atoms with van der Waals surface area (Å²) in [5.74, 6) is 0.422. The first kappa shape index (κ1) is 21.2. The fourth-order valence-corrected chi connectivity index (χ4v) is 3.70. The number of thioether (sulfide) groups is 1. The Balaban J connectivity index is 1.64. The number of carbonyl (C=O) groups is 2. The van der Waals surface area contributed by atoms with Gasteiger partial charge in [-0.3, -0.25) is 4.79 Å². The topological polar surface area (TPSA) is 83.5 Å². The van der Waals surface area contributed by atoms with Crippen molar-refractivity contribution in [1.29, 1.82) is 5.26 Å². The number of nitriles is 1. The number of furan rings is 1. The highest BCUT2D eigenvalue weighted by molar-refractivity contribution is 7.98. The number of rotatable bonds is 9. The van der Waals surface area contributed by atoms with Crippen LogP contribution in [0.5, 0.6) is 0 Å². The molecule has 7 heteroatoms. The second-order valence-corrected chi connectivity index (χ2v) is 7.25. The minimum Gasteiger partial charge on any atom is -0.468 e. The van der Waals surface area contributed by atoms with Gasteiger partial charge in [-0.1, -0.05) is 30.3 Å². The van der Waals surface area contributed by atoms with E-state index in [4.69, 9.17) is 14.4 Å². The van der Waals surface area contributed by atoms with Crippen LogP contribution in [0.1, 0.15) is 22.5 Å². The van der Waals surface area contributed by atoms with Gasteiger partial charge < -0.3 is 14.1 Å². The Hall–Kier alpha value is -3.50. The number of nitrogens with zero attached hydrogens (tertiary/aromatic N) is 2. The Morgan fingerprint density at radius 3 is 2.53 bits per heavy atom. The number of hydrogen-bond donors (Lipinski definition) is 0. The summed E-state index contributed by atoms with van der Waals surface area (Å²) in [6, 6.07) is 21.8. The van der Waals surface area contributed by atoms with Crippen LogP contribution in [0, 0.1) is 11.3 Å². The zero-order valence-electron chi connectivity index (χ0n) is 16.2. The molecule has 152 valence electrons. The number of carbonyl (C=O) groups excluding carboxylic acids is 2. The van der Waals surface area contributed by atoms with E-state index >= 15 is 0 Å². The van der Waals surface area contributed by atoms with Gasteiger partial charge >= 0.3 is 5.97 Å². The summed E-state index contributed by atoms with van der Waals surface area (Å²) in [6.45, 7) is -0.178. The number of benzene rings is 2. The molecule has 0 radical (unpaired) electrons. The molecule has 1 amide bonds. The average Bonchev–Trinajstić information content (AvgIpc) is 3.31. The zero-order valence-corrected chi connectivity index (χ0v) is 17.0. The molecule has 6 nitrogen and oxygen atoms in total. The van der Waals surface area contributed by atoms with Gasteiger partial charge in [-0.25, -0.2) is 4.79 Å². The van der Waals surface area contributed by atoms with Crippen LogP contribution in [0.3, 0.4) is 0 Å². The lowest BCUT2D eigenvalue weighted by atomic mass is 10.2. The van der Waals surface area contributed by atoms with Crippen molar-refractivity contribution in [2.45, 2.75) is 17.1 Å². The molecule has 0 aliphatic heterocycles. The number of amides is 1. The molecule has 0 N–H and O–H groups in total. The maximum Gasteiger partial charge on any atom is 0.339 e. The predicted octanol–water partition coefficient (Wildman–Crippen LogP) is 4.68. The monoisotopic (exact) mass is 420 g/mol. The van der Waals surface area contributed by atoms with Crippen molar-refractivity contribution < 1.29 is 18.7 Å². The highest BCUT2D eigenvalue weighted by Crippen LogP contribution is 2.27. The number of ether oxygens (including phenoxy) is 1. The maximum atomic E-state index is 12.7. The van der Waals surface area contributed by atoms with Crippen LogP contribution in [0.15, 0.2) is 82.3 Å². The first-order chi connectivity index (χ1) is 14.7. The third-order valence-corrected chi connectivity index (χ3v) is 5.30. The van der Waals surface area contributed by atoms with E-state index < -0.39 is 12.6 Å². The van der Waals surface area contributed by atoms with Crippen molar-refractivity contribution in [2.75, 3.05) is 18.1 Å². The van der Waals surface area contributed by atoms with E-state index in [0.717, 1.165) is 10.7 Å². The second-order valence-electron chi connectivity index (χ2n) is 6.23. The highest BCUT2D eigenvalue weighted by Gasteiger charge is 2.19. The molecule has 0 fully saturated rings. The molecule has 3 rings (SSSR count). The Morgan fingerprint density at radius 1 is 1.03 bits per heavy atom. The van der Waals surface area contributed by atoms with Crippen molar-refractivity contribution in [2.24, 2.45) is 0 Å². The van der Waals surface area contributed by atoms with Gasteiger partial charge in [0.15, 0.2) is 6.61 Å². The van der Waals surface area contributed by atoms with Gasteiger partial charge in [0.25, 0.3) is 5.91 Å². The van der Waals surface area contributed by atoms with Crippen molar-refractivity contribution in [1.82, 2.24) is 0 Å². The molecule has 3 aromatic rings. The molecule has 0 saturated carbocycles. The van der Waals surface area contributed by atoms with E-state index in [1.54, 1.807) is 42.7 Å². The molecule has 0 aliphatic rings. The minimum atomic E-state index is -0.570. The van der Waals surface area contributed by atoms with E-state index in [2.05, 4.69) is 0 Å². The summed E-state index contributed by atoms with van der Waals surface area (Å²) in [5, 5.41) is 8.88. The summed E-state index contributed by atoms with van der Waals surface area (Å²) >= 11 is 1.46. The zero-order chi connectivity index (χ0) is 21.2. The molecular weight excluding hydrogens is 400 g/mol. The Labute approximate surface area is 179 Å². The third-order valence-electron chi connectivity index (χ3n) is 4.20. The molecule has 1 heterocycles. The van der Waals surface area contributed by atoms with E-state index in [1.165, 1.54) is 16.7 Å². The maximum absolute atomic E-state index is 12.7. The van der Waals surface area contributed by atoms with E-state index in [0.29, 0.717) is 17.0 Å². The van der Waals surface area contributed by atoms with Crippen molar-refractivity contribution in [3.05, 3.63) is 84.3 Å². The summed E-state index contributed by atoms with van der Waals surface area (Å²) in [4.78, 5) is 27.5. The van der Waals surface area contributed by atoms with E-state index in [9.17, 15) is 9.59 Å². The largest absolute Gasteiger partial charge is 0.468 e. The summed E-state index contributed by atoms with van der Waals surface area (Å²) in [6.07, 6.45) is 1.79. The number of anilines is 1. The van der Waals surface area contributed by atoms with Crippen LogP contribution < -0.4 is 4.90 Å². The van der Waals surface area contributed by atoms with Gasteiger partial charge in [0.2, 0.25) is 0 Å². The average molecular weight is 420 g/mol. The fraction of sp³-hybridized carbons (Fsp3) is 0.174. The molecule has 0 atom stereocenters. The van der Waals surface area contributed by atoms with Gasteiger partial charge in [0.1, 0.15) is 5.76 Å². The molecule has 0 unspecified atom stereocenters. The quantitative estimate of drug-likeness (QED) is 0.369. The molecule has 1 aromatic heterocycles. The summed E-state index contributed by atoms with van der Waals surface area (Å²) in [7, 11) is 0. The predicted molar refractivity (Wildman–Crippen MR) is 114 cm³/mol.